The average molecular weight is 167 g/mol. The third-order valence-electron chi connectivity index (χ3n) is 2.56. The van der Waals surface area contributed by atoms with Gasteiger partial charge in [0.25, 0.3) is 0 Å². The van der Waals surface area contributed by atoms with Gasteiger partial charge < -0.3 is 5.32 Å². The van der Waals surface area contributed by atoms with Crippen LogP contribution in [0.2, 0.25) is 0 Å². The number of carbonyl (C=O) groups is 1. The summed E-state index contributed by atoms with van der Waals surface area (Å²) >= 11 is 0. The summed E-state index contributed by atoms with van der Waals surface area (Å²) < 4.78 is 0. The van der Waals surface area contributed by atoms with Crippen LogP contribution in [0.4, 0.5) is 0 Å². The number of carbonyl (C=O) groups excluding carboxylic acids is 1. The summed E-state index contributed by atoms with van der Waals surface area (Å²) in [5, 5.41) is 3.26. The molecule has 0 saturated carbocycles. The van der Waals surface area contributed by atoms with Crippen LogP contribution >= 0.6 is 0 Å². The molecule has 1 unspecified atom stereocenters. The van der Waals surface area contributed by atoms with Gasteiger partial charge in [-0.2, -0.15) is 0 Å². The third kappa shape index (κ3) is 1.95. The Labute approximate surface area is 74.0 Å². The number of hydrogen-bond acceptors (Lipinski definition) is 2. The Kier molecular flexibility index (Phi) is 3.04. The van der Waals surface area contributed by atoms with Crippen LogP contribution in [0.15, 0.2) is 12.7 Å². The van der Waals surface area contributed by atoms with E-state index in [1.54, 1.807) is 6.08 Å². The number of allylic oxidation sites excluding steroid dienone is 1. The lowest BCUT2D eigenvalue weighted by Crippen LogP contribution is -2.44. The minimum Gasteiger partial charge on any atom is -0.305 e. The Bertz CT molecular complexity index is 180. The lowest BCUT2D eigenvalue weighted by atomic mass is 9.92. The molecule has 0 radical (unpaired) electrons. The number of ketones is 1. The number of nitrogens with one attached hydrogen (secondary N) is 1. The molecule has 1 atom stereocenters. The van der Waals surface area contributed by atoms with E-state index in [1.807, 2.05) is 6.92 Å². The summed E-state index contributed by atoms with van der Waals surface area (Å²) in [7, 11) is 0. The highest BCUT2D eigenvalue weighted by Gasteiger charge is 2.34. The first-order valence-electron chi connectivity index (χ1n) is 4.58. The summed E-state index contributed by atoms with van der Waals surface area (Å²) in [5.74, 6) is 0.333. The summed E-state index contributed by atoms with van der Waals surface area (Å²) in [4.78, 5) is 11.6. The Hall–Kier alpha value is -0.630. The first-order valence-corrected chi connectivity index (χ1v) is 4.58. The number of Topliss-reactive ketones (excluding diaryl/α,β-unsaturated/α-hetero) is 1. The predicted octanol–water partition coefficient (Wildman–Crippen LogP) is 1.66. The molecule has 0 aromatic rings. The van der Waals surface area contributed by atoms with Crippen LogP contribution in [-0.4, -0.2) is 17.9 Å². The van der Waals surface area contributed by atoms with Crippen molar-refractivity contribution in [3.05, 3.63) is 12.7 Å². The van der Waals surface area contributed by atoms with Crippen LogP contribution in [0.5, 0.6) is 0 Å². The fourth-order valence-corrected chi connectivity index (χ4v) is 1.64. The number of rotatable bonds is 4. The average Bonchev–Trinajstić information content (AvgIpc) is 2.49. The molecular weight excluding hydrogens is 150 g/mol. The van der Waals surface area contributed by atoms with E-state index in [-0.39, 0.29) is 5.54 Å². The highest BCUT2D eigenvalue weighted by molar-refractivity contribution is 5.88. The normalized spacial score (nSPS) is 28.8. The van der Waals surface area contributed by atoms with E-state index in [2.05, 4.69) is 11.9 Å². The van der Waals surface area contributed by atoms with Crippen LogP contribution in [-0.2, 0) is 4.79 Å². The Morgan fingerprint density at radius 1 is 1.75 bits per heavy atom. The highest BCUT2D eigenvalue weighted by atomic mass is 16.1. The summed E-state index contributed by atoms with van der Waals surface area (Å²) in [5.41, 5.74) is -0.233. The van der Waals surface area contributed by atoms with Crippen molar-refractivity contribution in [3.63, 3.8) is 0 Å². The second-order valence-electron chi connectivity index (χ2n) is 3.61. The van der Waals surface area contributed by atoms with Crippen LogP contribution in [0.1, 0.15) is 32.6 Å². The maximum absolute atomic E-state index is 11.6. The molecule has 1 N–H and O–H groups in total. The molecule has 2 heteroatoms. The van der Waals surface area contributed by atoms with Crippen molar-refractivity contribution in [2.75, 3.05) is 6.54 Å². The molecule has 1 heterocycles. The first-order chi connectivity index (χ1) is 5.69. The van der Waals surface area contributed by atoms with E-state index >= 15 is 0 Å². The van der Waals surface area contributed by atoms with Crippen LogP contribution in [0.25, 0.3) is 0 Å². The maximum atomic E-state index is 11.6. The molecule has 1 aliphatic heterocycles. The molecule has 1 aliphatic rings. The fourth-order valence-electron chi connectivity index (χ4n) is 1.64. The summed E-state index contributed by atoms with van der Waals surface area (Å²) in [6, 6.07) is 0. The largest absolute Gasteiger partial charge is 0.305 e. The van der Waals surface area contributed by atoms with Gasteiger partial charge in [0.15, 0.2) is 5.78 Å². The van der Waals surface area contributed by atoms with Crippen molar-refractivity contribution in [2.24, 2.45) is 0 Å². The van der Waals surface area contributed by atoms with Gasteiger partial charge in [-0.3, -0.25) is 4.79 Å². The molecule has 0 spiro atoms. The second kappa shape index (κ2) is 3.85. The van der Waals surface area contributed by atoms with E-state index in [1.165, 1.54) is 0 Å². The zero-order chi connectivity index (χ0) is 9.03. The van der Waals surface area contributed by atoms with Gasteiger partial charge >= 0.3 is 0 Å². The maximum Gasteiger partial charge on any atom is 0.152 e. The van der Waals surface area contributed by atoms with Crippen molar-refractivity contribution in [2.45, 2.75) is 38.1 Å². The SMILES string of the molecule is C=CCCC(=O)C1(C)CCCN1. The van der Waals surface area contributed by atoms with E-state index in [0.29, 0.717) is 12.2 Å². The first kappa shape index (κ1) is 9.46. The van der Waals surface area contributed by atoms with Crippen LogP contribution < -0.4 is 5.32 Å². The monoisotopic (exact) mass is 167 g/mol. The molecule has 2 nitrogen and oxygen atoms in total. The minimum atomic E-state index is -0.233. The topological polar surface area (TPSA) is 29.1 Å². The van der Waals surface area contributed by atoms with E-state index < -0.39 is 0 Å². The van der Waals surface area contributed by atoms with Gasteiger partial charge in [-0.15, -0.1) is 6.58 Å². The Morgan fingerprint density at radius 3 is 3.00 bits per heavy atom. The van der Waals surface area contributed by atoms with Gasteiger partial charge in [-0.05, 0) is 32.7 Å². The van der Waals surface area contributed by atoms with Gasteiger partial charge in [0.2, 0.25) is 0 Å². The molecule has 0 aliphatic carbocycles. The molecule has 1 saturated heterocycles. The van der Waals surface area contributed by atoms with E-state index in [0.717, 1.165) is 25.8 Å². The van der Waals surface area contributed by atoms with E-state index in [4.69, 9.17) is 0 Å². The van der Waals surface area contributed by atoms with Gasteiger partial charge in [0.05, 0.1) is 5.54 Å². The van der Waals surface area contributed by atoms with Gasteiger partial charge in [0.1, 0.15) is 0 Å². The zero-order valence-electron chi connectivity index (χ0n) is 7.73. The molecule has 0 bridgehead atoms. The van der Waals surface area contributed by atoms with E-state index in [9.17, 15) is 4.79 Å². The van der Waals surface area contributed by atoms with Gasteiger partial charge in [0, 0.05) is 6.42 Å². The smallest absolute Gasteiger partial charge is 0.152 e. The molecular formula is C10H17NO. The highest BCUT2D eigenvalue weighted by Crippen LogP contribution is 2.21. The lowest BCUT2D eigenvalue weighted by molar-refractivity contribution is -0.124. The summed E-state index contributed by atoms with van der Waals surface area (Å²) in [6.45, 7) is 6.60. The molecule has 12 heavy (non-hydrogen) atoms. The Morgan fingerprint density at radius 2 is 2.50 bits per heavy atom. The van der Waals surface area contributed by atoms with Crippen molar-refractivity contribution >= 4 is 5.78 Å². The van der Waals surface area contributed by atoms with Gasteiger partial charge in [-0.1, -0.05) is 6.08 Å². The fraction of sp³-hybridized carbons (Fsp3) is 0.700. The lowest BCUT2D eigenvalue weighted by Gasteiger charge is -2.21. The molecule has 0 amide bonds. The second-order valence-corrected chi connectivity index (χ2v) is 3.61. The molecule has 0 aromatic carbocycles. The predicted molar refractivity (Wildman–Crippen MR) is 50.1 cm³/mol. The number of hydrogen-bond donors (Lipinski definition) is 1. The standard InChI is InChI=1S/C10H17NO/c1-3-4-6-9(12)10(2)7-5-8-11-10/h3,11H,1,4-8H2,2H3. The molecule has 1 rings (SSSR count). The van der Waals surface area contributed by atoms with Crippen LogP contribution in [0.3, 0.4) is 0 Å². The Balaban J connectivity index is 2.44. The zero-order valence-corrected chi connectivity index (χ0v) is 7.73. The summed E-state index contributed by atoms with van der Waals surface area (Å²) in [6.07, 6.45) is 5.35. The molecule has 1 fully saturated rings. The van der Waals surface area contributed by atoms with Gasteiger partial charge in [-0.25, -0.2) is 0 Å². The quantitative estimate of drug-likeness (QED) is 0.645. The third-order valence-corrected chi connectivity index (χ3v) is 2.56. The minimum absolute atomic E-state index is 0.233. The van der Waals surface area contributed by atoms with Crippen molar-refractivity contribution in [3.8, 4) is 0 Å². The van der Waals surface area contributed by atoms with Crippen molar-refractivity contribution < 1.29 is 4.79 Å². The van der Waals surface area contributed by atoms with Crippen molar-refractivity contribution in [1.29, 1.82) is 0 Å². The molecule has 68 valence electrons. The van der Waals surface area contributed by atoms with Crippen LogP contribution in [0, 0.1) is 0 Å². The van der Waals surface area contributed by atoms with Crippen molar-refractivity contribution in [1.82, 2.24) is 5.32 Å². The molecule has 0 aromatic heterocycles.